The summed E-state index contributed by atoms with van der Waals surface area (Å²) in [6.45, 7) is 3.36. The number of rotatable bonds is 6. The predicted octanol–water partition coefficient (Wildman–Crippen LogP) is 2.59. The first-order chi connectivity index (χ1) is 11.8. The summed E-state index contributed by atoms with van der Waals surface area (Å²) >= 11 is 1.34. The third kappa shape index (κ3) is 4.66. The van der Waals surface area contributed by atoms with Gasteiger partial charge >= 0.3 is 0 Å². The van der Waals surface area contributed by atoms with E-state index in [1.54, 1.807) is 26.0 Å². The molecule has 0 spiro atoms. The Balaban J connectivity index is 2.06. The van der Waals surface area contributed by atoms with Crippen LogP contribution >= 0.6 is 11.8 Å². The topological polar surface area (TPSA) is 118 Å². The van der Waals surface area contributed by atoms with Crippen LogP contribution in [0.3, 0.4) is 0 Å². The highest BCUT2D eigenvalue weighted by atomic mass is 32.2. The molecule has 0 bridgehead atoms. The fourth-order valence-corrected chi connectivity index (χ4v) is 2.74. The van der Waals surface area contributed by atoms with E-state index in [9.17, 15) is 19.7 Å². The normalized spacial score (nSPS) is 10.5. The maximum absolute atomic E-state index is 12.1. The van der Waals surface area contributed by atoms with Crippen LogP contribution in [0.25, 0.3) is 0 Å². The smallest absolute Gasteiger partial charge is 0.274 e. The number of nitro groups is 1. The molecule has 8 nitrogen and oxygen atoms in total. The van der Waals surface area contributed by atoms with Crippen LogP contribution in [0, 0.1) is 24.0 Å². The molecule has 1 aromatic heterocycles. The first-order valence-corrected chi connectivity index (χ1v) is 8.73. The first kappa shape index (κ1) is 18.7. The van der Waals surface area contributed by atoms with Crippen LogP contribution < -0.4 is 10.9 Å². The van der Waals surface area contributed by atoms with Gasteiger partial charge in [-0.1, -0.05) is 17.8 Å². The summed E-state index contributed by atoms with van der Waals surface area (Å²) in [6.07, 6.45) is 2.13. The summed E-state index contributed by atoms with van der Waals surface area (Å²) < 4.78 is 0. The highest BCUT2D eigenvalue weighted by Crippen LogP contribution is 2.22. The van der Waals surface area contributed by atoms with Gasteiger partial charge < -0.3 is 10.3 Å². The van der Waals surface area contributed by atoms with Crippen molar-refractivity contribution in [2.45, 2.75) is 31.8 Å². The van der Waals surface area contributed by atoms with Crippen molar-refractivity contribution in [2.75, 3.05) is 11.6 Å². The molecule has 132 valence electrons. The predicted molar refractivity (Wildman–Crippen MR) is 96.2 cm³/mol. The summed E-state index contributed by atoms with van der Waals surface area (Å²) in [5.41, 5.74) is 1.61. The number of nitro benzene ring substituents is 1. The van der Waals surface area contributed by atoms with Gasteiger partial charge in [-0.05, 0) is 32.6 Å². The molecule has 1 heterocycles. The SMILES string of the molecule is CSc1nc(C)c(CCC(=O)Nc2ccc(C)c([N+](=O)[O-])c2)c(=O)[nH]1. The third-order valence-electron chi connectivity index (χ3n) is 3.69. The lowest BCUT2D eigenvalue weighted by Crippen LogP contribution is -2.20. The lowest BCUT2D eigenvalue weighted by atomic mass is 10.1. The van der Waals surface area contributed by atoms with Gasteiger partial charge in [-0.25, -0.2) is 4.98 Å². The van der Waals surface area contributed by atoms with Gasteiger partial charge in [0.1, 0.15) is 0 Å². The Labute approximate surface area is 148 Å². The molecule has 0 radical (unpaired) electrons. The molecule has 0 aliphatic heterocycles. The number of hydrogen-bond donors (Lipinski definition) is 2. The number of thioether (sulfide) groups is 1. The third-order valence-corrected chi connectivity index (χ3v) is 4.27. The quantitative estimate of drug-likeness (QED) is 0.353. The van der Waals surface area contributed by atoms with E-state index in [1.807, 2.05) is 6.26 Å². The van der Waals surface area contributed by atoms with Crippen LogP contribution in [0.2, 0.25) is 0 Å². The summed E-state index contributed by atoms with van der Waals surface area (Å²) in [4.78, 5) is 41.5. The minimum atomic E-state index is -0.493. The van der Waals surface area contributed by atoms with Gasteiger partial charge in [0.15, 0.2) is 5.16 Å². The zero-order chi connectivity index (χ0) is 18.6. The van der Waals surface area contributed by atoms with Crippen molar-refractivity contribution in [3.05, 3.63) is 55.5 Å². The van der Waals surface area contributed by atoms with Crippen molar-refractivity contribution >= 4 is 29.0 Å². The molecule has 1 aromatic carbocycles. The molecular weight excluding hydrogens is 344 g/mol. The number of aromatic nitrogens is 2. The minimum Gasteiger partial charge on any atom is -0.326 e. The molecule has 0 saturated heterocycles. The number of anilines is 1. The van der Waals surface area contributed by atoms with Gasteiger partial charge in [-0.2, -0.15) is 0 Å². The average molecular weight is 362 g/mol. The summed E-state index contributed by atoms with van der Waals surface area (Å²) in [7, 11) is 0. The molecule has 0 saturated carbocycles. The maximum Gasteiger partial charge on any atom is 0.274 e. The summed E-state index contributed by atoms with van der Waals surface area (Å²) in [6, 6.07) is 4.50. The number of carbonyl (C=O) groups excluding carboxylic acids is 1. The van der Waals surface area contributed by atoms with Crippen molar-refractivity contribution < 1.29 is 9.72 Å². The highest BCUT2D eigenvalue weighted by Gasteiger charge is 2.14. The average Bonchev–Trinajstić information content (AvgIpc) is 2.55. The fraction of sp³-hybridized carbons (Fsp3) is 0.312. The van der Waals surface area contributed by atoms with E-state index in [4.69, 9.17) is 0 Å². The van der Waals surface area contributed by atoms with E-state index in [-0.39, 0.29) is 30.0 Å². The second-order valence-corrected chi connectivity index (χ2v) is 6.24. The van der Waals surface area contributed by atoms with Gasteiger partial charge in [0.25, 0.3) is 11.2 Å². The molecule has 0 atom stereocenters. The van der Waals surface area contributed by atoms with Crippen LogP contribution in [-0.4, -0.2) is 27.1 Å². The number of amides is 1. The standard InChI is InChI=1S/C16H18N4O4S/c1-9-4-5-11(8-13(9)20(23)24)18-14(21)7-6-12-10(2)17-16(25-3)19-15(12)22/h4-5,8H,6-7H2,1-3H3,(H,18,21)(H,17,19,22). The van der Waals surface area contributed by atoms with Gasteiger partial charge in [-0.3, -0.25) is 19.7 Å². The van der Waals surface area contributed by atoms with Crippen LogP contribution in [0.1, 0.15) is 23.2 Å². The molecule has 9 heteroatoms. The summed E-state index contributed by atoms with van der Waals surface area (Å²) in [5.74, 6) is -0.328. The second kappa shape index (κ2) is 7.93. The second-order valence-electron chi connectivity index (χ2n) is 5.45. The Kier molecular flexibility index (Phi) is 5.92. The van der Waals surface area contributed by atoms with Crippen molar-refractivity contribution in [2.24, 2.45) is 0 Å². The molecule has 2 N–H and O–H groups in total. The summed E-state index contributed by atoms with van der Waals surface area (Å²) in [5, 5.41) is 14.1. The number of aryl methyl sites for hydroxylation is 2. The first-order valence-electron chi connectivity index (χ1n) is 7.50. The van der Waals surface area contributed by atoms with Gasteiger partial charge in [-0.15, -0.1) is 0 Å². The molecule has 2 aromatic rings. The van der Waals surface area contributed by atoms with E-state index in [1.165, 1.54) is 17.8 Å². The highest BCUT2D eigenvalue weighted by molar-refractivity contribution is 7.98. The van der Waals surface area contributed by atoms with E-state index in [0.717, 1.165) is 0 Å². The number of aromatic amines is 1. The maximum atomic E-state index is 12.1. The zero-order valence-corrected chi connectivity index (χ0v) is 14.9. The van der Waals surface area contributed by atoms with Crippen molar-refractivity contribution in [1.82, 2.24) is 9.97 Å². The van der Waals surface area contributed by atoms with Crippen LogP contribution in [-0.2, 0) is 11.2 Å². The van der Waals surface area contributed by atoms with Crippen LogP contribution in [0.15, 0.2) is 28.2 Å². The van der Waals surface area contributed by atoms with Crippen LogP contribution in [0.4, 0.5) is 11.4 Å². The number of carbonyl (C=O) groups is 1. The fourth-order valence-electron chi connectivity index (χ4n) is 2.32. The molecule has 1 amide bonds. The number of nitrogens with zero attached hydrogens (tertiary/aromatic N) is 2. The lowest BCUT2D eigenvalue weighted by Gasteiger charge is -2.08. The Morgan fingerprint density at radius 3 is 2.72 bits per heavy atom. The van der Waals surface area contributed by atoms with Gasteiger partial charge in [0.2, 0.25) is 5.91 Å². The lowest BCUT2D eigenvalue weighted by molar-refractivity contribution is -0.385. The molecular formula is C16H18N4O4S. The van der Waals surface area contributed by atoms with Crippen molar-refractivity contribution in [1.29, 1.82) is 0 Å². The van der Waals surface area contributed by atoms with E-state index >= 15 is 0 Å². The molecule has 0 aliphatic rings. The minimum absolute atomic E-state index is 0.0538. The molecule has 0 aliphatic carbocycles. The zero-order valence-electron chi connectivity index (χ0n) is 14.1. The largest absolute Gasteiger partial charge is 0.326 e. The molecule has 2 rings (SSSR count). The monoisotopic (exact) mass is 362 g/mol. The van der Waals surface area contributed by atoms with Crippen molar-refractivity contribution in [3.8, 4) is 0 Å². The molecule has 0 fully saturated rings. The van der Waals surface area contributed by atoms with Gasteiger partial charge in [0, 0.05) is 35.0 Å². The van der Waals surface area contributed by atoms with Crippen molar-refractivity contribution in [3.63, 3.8) is 0 Å². The number of hydrogen-bond acceptors (Lipinski definition) is 6. The van der Waals surface area contributed by atoms with Gasteiger partial charge in [0.05, 0.1) is 4.92 Å². The van der Waals surface area contributed by atoms with E-state index in [0.29, 0.717) is 27.7 Å². The van der Waals surface area contributed by atoms with Crippen LogP contribution in [0.5, 0.6) is 0 Å². The number of benzene rings is 1. The van der Waals surface area contributed by atoms with E-state index < -0.39 is 4.92 Å². The Morgan fingerprint density at radius 1 is 1.40 bits per heavy atom. The molecule has 0 unspecified atom stereocenters. The Bertz CT molecular complexity index is 879. The number of nitrogens with one attached hydrogen (secondary N) is 2. The Hall–Kier alpha value is -2.68. The number of H-pyrrole nitrogens is 1. The van der Waals surface area contributed by atoms with E-state index in [2.05, 4.69) is 15.3 Å². The Morgan fingerprint density at radius 2 is 2.12 bits per heavy atom. The molecule has 25 heavy (non-hydrogen) atoms.